The van der Waals surface area contributed by atoms with Crippen LogP contribution < -0.4 is 4.74 Å². The van der Waals surface area contributed by atoms with Gasteiger partial charge in [0.15, 0.2) is 0 Å². The quantitative estimate of drug-likeness (QED) is 0.730. The molecule has 1 rings (SSSR count). The van der Waals surface area contributed by atoms with Crippen LogP contribution in [0, 0.1) is 6.92 Å². The summed E-state index contributed by atoms with van der Waals surface area (Å²) in [7, 11) is 0. The number of ether oxygens (including phenoxy) is 1. The highest BCUT2D eigenvalue weighted by Gasteiger charge is 2.03. The van der Waals surface area contributed by atoms with E-state index in [9.17, 15) is 0 Å². The minimum absolute atomic E-state index is 0.465. The largest absolute Gasteiger partial charge is 0.492 e. The third-order valence-corrected chi connectivity index (χ3v) is 2.12. The molecule has 0 unspecified atom stereocenters. The van der Waals surface area contributed by atoms with Crippen molar-refractivity contribution in [1.82, 2.24) is 0 Å². The Balaban J connectivity index is 2.78. The van der Waals surface area contributed by atoms with E-state index in [1.54, 1.807) is 18.2 Å². The smallest absolute Gasteiger partial charge is 0.139 e. The van der Waals surface area contributed by atoms with Gasteiger partial charge in [-0.3, -0.25) is 0 Å². The summed E-state index contributed by atoms with van der Waals surface area (Å²) in [5, 5.41) is 0.978. The first-order valence-corrected chi connectivity index (χ1v) is 4.37. The van der Waals surface area contributed by atoms with E-state index >= 15 is 0 Å². The van der Waals surface area contributed by atoms with Crippen molar-refractivity contribution >= 4 is 23.2 Å². The van der Waals surface area contributed by atoms with Crippen LogP contribution in [0.4, 0.5) is 0 Å². The number of rotatable bonds is 3. The lowest BCUT2D eigenvalue weighted by Crippen LogP contribution is -1.95. The van der Waals surface area contributed by atoms with Gasteiger partial charge in [0.25, 0.3) is 0 Å². The molecule has 0 heterocycles. The van der Waals surface area contributed by atoms with Crippen LogP contribution >= 0.6 is 23.2 Å². The van der Waals surface area contributed by atoms with Crippen molar-refractivity contribution in [2.24, 2.45) is 0 Å². The van der Waals surface area contributed by atoms with Crippen LogP contribution in [0.3, 0.4) is 0 Å². The molecule has 12 heavy (non-hydrogen) atoms. The number of hydrogen-bond acceptors (Lipinski definition) is 1. The Bertz CT molecular complexity index is 261. The zero-order chi connectivity index (χ0) is 8.97. The molecule has 1 nitrogen and oxygen atoms in total. The highest BCUT2D eigenvalue weighted by Crippen LogP contribution is 2.31. The Morgan fingerprint density at radius 3 is 2.75 bits per heavy atom. The van der Waals surface area contributed by atoms with Gasteiger partial charge >= 0.3 is 0 Å². The molecule has 0 saturated heterocycles. The predicted octanol–water partition coefficient (Wildman–Crippen LogP) is 3.60. The van der Waals surface area contributed by atoms with Crippen LogP contribution in [0.2, 0.25) is 10.0 Å². The van der Waals surface area contributed by atoms with Crippen molar-refractivity contribution in [1.29, 1.82) is 0 Å². The first kappa shape index (κ1) is 9.69. The van der Waals surface area contributed by atoms with Gasteiger partial charge in [-0.1, -0.05) is 29.3 Å². The van der Waals surface area contributed by atoms with Gasteiger partial charge in [-0.2, -0.15) is 0 Å². The van der Waals surface area contributed by atoms with Crippen molar-refractivity contribution in [3.05, 3.63) is 35.2 Å². The second-order valence-corrected chi connectivity index (χ2v) is 3.04. The lowest BCUT2D eigenvalue weighted by molar-refractivity contribution is 0.324. The van der Waals surface area contributed by atoms with Crippen molar-refractivity contribution in [2.45, 2.75) is 6.42 Å². The molecular weight excluding hydrogens is 195 g/mol. The molecule has 0 aliphatic heterocycles. The van der Waals surface area contributed by atoms with E-state index in [-0.39, 0.29) is 0 Å². The van der Waals surface area contributed by atoms with E-state index in [1.807, 2.05) is 0 Å². The van der Waals surface area contributed by atoms with E-state index in [0.29, 0.717) is 28.8 Å². The molecule has 0 amide bonds. The molecule has 0 N–H and O–H groups in total. The summed E-state index contributed by atoms with van der Waals surface area (Å²) in [5.41, 5.74) is 0. The summed E-state index contributed by atoms with van der Waals surface area (Å²) in [6.45, 7) is 4.21. The molecule has 65 valence electrons. The molecule has 1 aromatic rings. The van der Waals surface area contributed by atoms with Crippen molar-refractivity contribution in [2.75, 3.05) is 6.61 Å². The summed E-state index contributed by atoms with van der Waals surface area (Å²) in [6.07, 6.45) is 0.711. The highest BCUT2D eigenvalue weighted by atomic mass is 35.5. The molecule has 1 radical (unpaired) electrons. The van der Waals surface area contributed by atoms with E-state index in [1.165, 1.54) is 0 Å². The van der Waals surface area contributed by atoms with Gasteiger partial charge in [0.2, 0.25) is 0 Å². The fourth-order valence-electron chi connectivity index (χ4n) is 0.778. The van der Waals surface area contributed by atoms with Gasteiger partial charge in [0, 0.05) is 0 Å². The molecule has 0 atom stereocenters. The van der Waals surface area contributed by atoms with E-state index in [2.05, 4.69) is 6.92 Å². The summed E-state index contributed by atoms with van der Waals surface area (Å²) >= 11 is 11.6. The van der Waals surface area contributed by atoms with Crippen LogP contribution in [-0.2, 0) is 0 Å². The minimum Gasteiger partial charge on any atom is -0.492 e. The van der Waals surface area contributed by atoms with E-state index in [4.69, 9.17) is 27.9 Å². The lowest BCUT2D eigenvalue weighted by atomic mass is 10.3. The Hall–Kier alpha value is -0.400. The average Bonchev–Trinajstić information content (AvgIpc) is 2.08. The third kappa shape index (κ3) is 2.29. The Morgan fingerprint density at radius 1 is 1.33 bits per heavy atom. The van der Waals surface area contributed by atoms with Crippen molar-refractivity contribution < 1.29 is 4.74 Å². The molecule has 0 aliphatic carbocycles. The van der Waals surface area contributed by atoms with Crippen LogP contribution in [-0.4, -0.2) is 6.61 Å². The van der Waals surface area contributed by atoms with Crippen LogP contribution in [0.1, 0.15) is 6.42 Å². The monoisotopic (exact) mass is 203 g/mol. The maximum Gasteiger partial charge on any atom is 0.139 e. The normalized spacial score (nSPS) is 9.92. The molecule has 1 aromatic carbocycles. The molecule has 0 bridgehead atoms. The highest BCUT2D eigenvalue weighted by molar-refractivity contribution is 6.42. The predicted molar refractivity (Wildman–Crippen MR) is 51.9 cm³/mol. The molecule has 3 heteroatoms. The Kier molecular flexibility index (Phi) is 3.70. The molecule has 0 fully saturated rings. The minimum atomic E-state index is 0.465. The van der Waals surface area contributed by atoms with Gasteiger partial charge in [-0.25, -0.2) is 0 Å². The maximum absolute atomic E-state index is 5.85. The number of benzene rings is 1. The summed E-state index contributed by atoms with van der Waals surface area (Å²) in [5.74, 6) is 0.618. The van der Waals surface area contributed by atoms with Crippen LogP contribution in [0.5, 0.6) is 5.75 Å². The van der Waals surface area contributed by atoms with Gasteiger partial charge < -0.3 is 4.74 Å². The van der Waals surface area contributed by atoms with Gasteiger partial charge in [-0.05, 0) is 25.5 Å². The fraction of sp³-hybridized carbons (Fsp3) is 0.222. The first-order valence-electron chi connectivity index (χ1n) is 3.61. The molecule has 0 aromatic heterocycles. The SMILES string of the molecule is [CH2]CCOc1cccc(Cl)c1Cl. The molecular formula is C9H9Cl2O. The molecule has 0 spiro atoms. The number of hydrogen-bond donors (Lipinski definition) is 0. The van der Waals surface area contributed by atoms with E-state index < -0.39 is 0 Å². The third-order valence-electron chi connectivity index (χ3n) is 1.32. The van der Waals surface area contributed by atoms with Crippen LogP contribution in [0.25, 0.3) is 0 Å². The second kappa shape index (κ2) is 4.58. The second-order valence-electron chi connectivity index (χ2n) is 2.25. The van der Waals surface area contributed by atoms with Crippen molar-refractivity contribution in [3.63, 3.8) is 0 Å². The number of halogens is 2. The Morgan fingerprint density at radius 2 is 2.08 bits per heavy atom. The fourth-order valence-corrected chi connectivity index (χ4v) is 1.12. The summed E-state index contributed by atoms with van der Waals surface area (Å²) in [6, 6.07) is 5.30. The zero-order valence-electron chi connectivity index (χ0n) is 6.52. The van der Waals surface area contributed by atoms with Gasteiger partial charge in [0.05, 0.1) is 11.6 Å². The first-order chi connectivity index (χ1) is 5.75. The molecule has 0 aliphatic rings. The standard InChI is InChI=1S/C9H9Cl2O/c1-2-6-12-8-5-3-4-7(10)9(8)11/h3-5H,1-2,6H2. The van der Waals surface area contributed by atoms with Gasteiger partial charge in [0.1, 0.15) is 10.8 Å². The topological polar surface area (TPSA) is 9.23 Å². The van der Waals surface area contributed by atoms with E-state index in [0.717, 1.165) is 0 Å². The Labute approximate surface area is 82.2 Å². The van der Waals surface area contributed by atoms with Crippen LogP contribution in [0.15, 0.2) is 18.2 Å². The molecule has 0 saturated carbocycles. The lowest BCUT2D eigenvalue weighted by Gasteiger charge is -2.06. The van der Waals surface area contributed by atoms with Gasteiger partial charge in [-0.15, -0.1) is 0 Å². The van der Waals surface area contributed by atoms with Crippen molar-refractivity contribution in [3.8, 4) is 5.75 Å². The maximum atomic E-state index is 5.85. The summed E-state index contributed by atoms with van der Waals surface area (Å²) < 4.78 is 5.29. The summed E-state index contributed by atoms with van der Waals surface area (Å²) in [4.78, 5) is 0. The average molecular weight is 204 g/mol. The zero-order valence-corrected chi connectivity index (χ0v) is 8.03.